The maximum absolute atomic E-state index is 12.5. The number of rotatable bonds is 4. The highest BCUT2D eigenvalue weighted by Gasteiger charge is 2.24. The molecule has 1 aromatic carbocycles. The van der Waals surface area contributed by atoms with Gasteiger partial charge in [0.2, 0.25) is 0 Å². The third-order valence-electron chi connectivity index (χ3n) is 2.92. The molecule has 0 aliphatic rings. The Morgan fingerprint density at radius 1 is 1.47 bits per heavy atom. The number of carbonyl (C=O) groups excluding carboxylic acids is 1. The van der Waals surface area contributed by atoms with Gasteiger partial charge in [0.05, 0.1) is 10.9 Å². The summed E-state index contributed by atoms with van der Waals surface area (Å²) in [4.78, 5) is 13.2. The van der Waals surface area contributed by atoms with Crippen molar-refractivity contribution in [2.45, 2.75) is 19.3 Å². The second-order valence-corrected chi connectivity index (χ2v) is 5.94. The van der Waals surface area contributed by atoms with E-state index in [2.05, 4.69) is 22.0 Å². The number of hydrogen-bond donors (Lipinski definition) is 0. The molecule has 1 unspecified atom stereocenters. The van der Waals surface area contributed by atoms with Crippen molar-refractivity contribution in [3.63, 3.8) is 0 Å². The summed E-state index contributed by atoms with van der Waals surface area (Å²) in [5.41, 5.74) is 1.75. The molecular formula is C15H12BrNOS. The van der Waals surface area contributed by atoms with Crippen LogP contribution in [0.2, 0.25) is 0 Å². The summed E-state index contributed by atoms with van der Waals surface area (Å²) in [5, 5.41) is 11.2. The first-order valence-electron chi connectivity index (χ1n) is 5.93. The number of benzene rings is 1. The predicted octanol–water partition coefficient (Wildman–Crippen LogP) is 4.56. The second kappa shape index (κ2) is 6.14. The van der Waals surface area contributed by atoms with Gasteiger partial charge in [0.15, 0.2) is 5.78 Å². The van der Waals surface area contributed by atoms with E-state index in [1.807, 2.05) is 42.6 Å². The Bertz CT molecular complexity index is 642. The highest BCUT2D eigenvalue weighted by molar-refractivity contribution is 9.10. The minimum atomic E-state index is -0.735. The van der Waals surface area contributed by atoms with Crippen molar-refractivity contribution < 1.29 is 4.79 Å². The van der Waals surface area contributed by atoms with E-state index in [9.17, 15) is 10.1 Å². The monoisotopic (exact) mass is 333 g/mol. The number of nitriles is 1. The van der Waals surface area contributed by atoms with Crippen LogP contribution in [0.4, 0.5) is 0 Å². The van der Waals surface area contributed by atoms with Crippen LogP contribution in [0, 0.1) is 11.3 Å². The van der Waals surface area contributed by atoms with Gasteiger partial charge in [-0.15, -0.1) is 11.3 Å². The van der Waals surface area contributed by atoms with Gasteiger partial charge in [-0.25, -0.2) is 0 Å². The number of Topliss-reactive ketones (excluding diaryl/α,β-unsaturated/α-hetero) is 1. The van der Waals surface area contributed by atoms with Gasteiger partial charge in [0.1, 0.15) is 5.92 Å². The molecule has 4 heteroatoms. The van der Waals surface area contributed by atoms with Crippen molar-refractivity contribution >= 4 is 33.0 Å². The summed E-state index contributed by atoms with van der Waals surface area (Å²) in [7, 11) is 0. The molecule has 2 rings (SSSR count). The highest BCUT2D eigenvalue weighted by atomic mass is 79.9. The van der Waals surface area contributed by atoms with E-state index in [0.717, 1.165) is 22.0 Å². The zero-order valence-electron chi connectivity index (χ0n) is 10.4. The van der Waals surface area contributed by atoms with Crippen LogP contribution < -0.4 is 0 Å². The van der Waals surface area contributed by atoms with Gasteiger partial charge < -0.3 is 0 Å². The molecule has 0 spiro atoms. The fraction of sp³-hybridized carbons (Fsp3) is 0.200. The summed E-state index contributed by atoms with van der Waals surface area (Å²) >= 11 is 4.78. The molecule has 1 heterocycles. The molecule has 0 amide bonds. The zero-order valence-corrected chi connectivity index (χ0v) is 12.8. The summed E-state index contributed by atoms with van der Waals surface area (Å²) in [6.07, 6.45) is 0.807. The average Bonchev–Trinajstić information content (AvgIpc) is 2.87. The van der Waals surface area contributed by atoms with Gasteiger partial charge in [-0.1, -0.05) is 35.0 Å². The molecule has 0 saturated carbocycles. The largest absolute Gasteiger partial charge is 0.291 e. The lowest BCUT2D eigenvalue weighted by atomic mass is 9.94. The molecule has 0 aliphatic heterocycles. The molecule has 0 bridgehead atoms. The molecule has 96 valence electrons. The van der Waals surface area contributed by atoms with Crippen molar-refractivity contribution in [1.29, 1.82) is 5.26 Å². The van der Waals surface area contributed by atoms with Crippen molar-refractivity contribution in [3.8, 4) is 6.07 Å². The van der Waals surface area contributed by atoms with E-state index in [1.54, 1.807) is 0 Å². The first-order chi connectivity index (χ1) is 9.17. The fourth-order valence-electron chi connectivity index (χ4n) is 1.93. The maximum Gasteiger partial charge on any atom is 0.194 e. The SMILES string of the molecule is CCc1ccsc1C(=O)C(C#N)c1cccc(Br)c1. The number of thiophene rings is 1. The second-order valence-electron chi connectivity index (χ2n) is 4.11. The van der Waals surface area contributed by atoms with Crippen LogP contribution in [-0.4, -0.2) is 5.78 Å². The first kappa shape index (κ1) is 14.0. The Balaban J connectivity index is 2.38. The van der Waals surface area contributed by atoms with E-state index >= 15 is 0 Å². The van der Waals surface area contributed by atoms with Gasteiger partial charge in [0, 0.05) is 4.47 Å². The minimum absolute atomic E-state index is 0.104. The number of aryl methyl sites for hydroxylation is 1. The number of ketones is 1. The average molecular weight is 334 g/mol. The molecule has 19 heavy (non-hydrogen) atoms. The zero-order chi connectivity index (χ0) is 13.8. The standard InChI is InChI=1S/C15H12BrNOS/c1-2-10-6-7-19-15(10)14(18)13(9-17)11-4-3-5-12(16)8-11/h3-8,13H,2H2,1H3. The Morgan fingerprint density at radius 3 is 2.89 bits per heavy atom. The third kappa shape index (κ3) is 2.94. The van der Waals surface area contributed by atoms with Gasteiger partial charge in [-0.05, 0) is 41.1 Å². The number of nitrogens with zero attached hydrogens (tertiary/aromatic N) is 1. The van der Waals surface area contributed by atoms with Crippen LogP contribution in [0.5, 0.6) is 0 Å². The van der Waals surface area contributed by atoms with Gasteiger partial charge in [-0.3, -0.25) is 4.79 Å². The molecule has 0 aliphatic carbocycles. The van der Waals surface area contributed by atoms with Crippen molar-refractivity contribution in [2.75, 3.05) is 0 Å². The summed E-state index contributed by atoms with van der Waals surface area (Å²) in [6.45, 7) is 2.01. The normalized spacial score (nSPS) is 11.8. The van der Waals surface area contributed by atoms with Crippen LogP contribution in [0.15, 0.2) is 40.2 Å². The van der Waals surface area contributed by atoms with Crippen molar-refractivity contribution in [2.24, 2.45) is 0 Å². The van der Waals surface area contributed by atoms with E-state index in [-0.39, 0.29) is 5.78 Å². The van der Waals surface area contributed by atoms with Crippen molar-refractivity contribution in [3.05, 3.63) is 56.2 Å². The molecule has 0 saturated heterocycles. The van der Waals surface area contributed by atoms with Crippen LogP contribution in [0.1, 0.15) is 33.6 Å². The number of hydrogen-bond acceptors (Lipinski definition) is 3. The van der Waals surface area contributed by atoms with Gasteiger partial charge in [0.25, 0.3) is 0 Å². The Kier molecular flexibility index (Phi) is 4.52. The van der Waals surface area contributed by atoms with Crippen LogP contribution in [0.25, 0.3) is 0 Å². The molecule has 0 fully saturated rings. The molecule has 1 atom stereocenters. The van der Waals surface area contributed by atoms with E-state index < -0.39 is 5.92 Å². The van der Waals surface area contributed by atoms with Crippen LogP contribution in [-0.2, 0) is 6.42 Å². The Morgan fingerprint density at radius 2 is 2.26 bits per heavy atom. The van der Waals surface area contributed by atoms with Crippen LogP contribution >= 0.6 is 27.3 Å². The summed E-state index contributed by atoms with van der Waals surface area (Å²) in [6, 6.07) is 11.4. The summed E-state index contributed by atoms with van der Waals surface area (Å²) < 4.78 is 0.875. The third-order valence-corrected chi connectivity index (χ3v) is 4.39. The molecule has 2 nitrogen and oxygen atoms in total. The lowest BCUT2D eigenvalue weighted by Crippen LogP contribution is -2.11. The topological polar surface area (TPSA) is 40.9 Å². The van der Waals surface area contributed by atoms with Gasteiger partial charge in [-0.2, -0.15) is 5.26 Å². The quantitative estimate of drug-likeness (QED) is 0.769. The Labute approximate surface area is 124 Å². The lowest BCUT2D eigenvalue weighted by molar-refractivity contribution is 0.0982. The van der Waals surface area contributed by atoms with E-state index in [0.29, 0.717) is 4.88 Å². The molecule has 2 aromatic rings. The first-order valence-corrected chi connectivity index (χ1v) is 7.60. The summed E-state index contributed by atoms with van der Waals surface area (Å²) in [5.74, 6) is -0.839. The fourth-order valence-corrected chi connectivity index (χ4v) is 3.32. The molecular weight excluding hydrogens is 322 g/mol. The van der Waals surface area contributed by atoms with Crippen LogP contribution in [0.3, 0.4) is 0 Å². The molecule has 0 radical (unpaired) electrons. The minimum Gasteiger partial charge on any atom is -0.291 e. The van der Waals surface area contributed by atoms with Gasteiger partial charge >= 0.3 is 0 Å². The lowest BCUT2D eigenvalue weighted by Gasteiger charge is -2.09. The van der Waals surface area contributed by atoms with E-state index in [1.165, 1.54) is 11.3 Å². The molecule has 1 aromatic heterocycles. The Hall–Kier alpha value is -1.44. The van der Waals surface area contributed by atoms with E-state index in [4.69, 9.17) is 0 Å². The molecule has 0 N–H and O–H groups in total. The van der Waals surface area contributed by atoms with Crippen molar-refractivity contribution in [1.82, 2.24) is 0 Å². The number of halogens is 1. The number of carbonyl (C=O) groups is 1. The smallest absolute Gasteiger partial charge is 0.194 e. The highest BCUT2D eigenvalue weighted by Crippen LogP contribution is 2.27. The predicted molar refractivity (Wildman–Crippen MR) is 80.5 cm³/mol. The maximum atomic E-state index is 12.5.